The van der Waals surface area contributed by atoms with Crippen molar-refractivity contribution in [3.05, 3.63) is 72.1 Å². The number of tetrazole rings is 1. The van der Waals surface area contributed by atoms with Crippen molar-refractivity contribution < 1.29 is 4.79 Å². The van der Waals surface area contributed by atoms with Crippen LogP contribution in [0.5, 0.6) is 0 Å². The number of nitrogens with zero attached hydrogens (tertiary/aromatic N) is 4. The van der Waals surface area contributed by atoms with Crippen molar-refractivity contribution in [3.63, 3.8) is 0 Å². The molecule has 0 aliphatic rings. The molecule has 7 heteroatoms. The van der Waals surface area contributed by atoms with Crippen molar-refractivity contribution >= 4 is 17.7 Å². The fourth-order valence-corrected chi connectivity index (χ4v) is 2.97. The van der Waals surface area contributed by atoms with Crippen LogP contribution in [0.15, 0.2) is 60.7 Å². The van der Waals surface area contributed by atoms with Crippen molar-refractivity contribution in [1.29, 1.82) is 0 Å². The molecule has 24 heavy (non-hydrogen) atoms. The lowest BCUT2D eigenvalue weighted by atomic mass is 10.2. The van der Waals surface area contributed by atoms with Crippen molar-refractivity contribution in [2.24, 2.45) is 0 Å². The van der Waals surface area contributed by atoms with Gasteiger partial charge in [-0.05, 0) is 28.1 Å². The van der Waals surface area contributed by atoms with Crippen molar-refractivity contribution in [2.45, 2.75) is 12.3 Å². The van der Waals surface area contributed by atoms with E-state index in [0.29, 0.717) is 18.1 Å². The molecule has 6 nitrogen and oxygen atoms in total. The van der Waals surface area contributed by atoms with E-state index >= 15 is 0 Å². The minimum Gasteiger partial charge on any atom is -0.348 e. The fourth-order valence-electron chi connectivity index (χ4n) is 2.15. The summed E-state index contributed by atoms with van der Waals surface area (Å²) in [6.07, 6.45) is 0. The van der Waals surface area contributed by atoms with Crippen LogP contribution in [0.1, 0.15) is 11.4 Å². The highest BCUT2D eigenvalue weighted by molar-refractivity contribution is 7.99. The molecule has 0 aliphatic carbocycles. The summed E-state index contributed by atoms with van der Waals surface area (Å²) in [5, 5.41) is 14.5. The lowest BCUT2D eigenvalue weighted by Crippen LogP contribution is -2.26. The molecule has 3 rings (SSSR count). The van der Waals surface area contributed by atoms with E-state index < -0.39 is 0 Å². The third-order valence-electron chi connectivity index (χ3n) is 3.32. The maximum absolute atomic E-state index is 12.0. The Balaban J connectivity index is 1.48. The van der Waals surface area contributed by atoms with Crippen molar-refractivity contribution in [3.8, 4) is 5.69 Å². The van der Waals surface area contributed by atoms with Gasteiger partial charge in [-0.2, -0.15) is 4.68 Å². The second-order valence-electron chi connectivity index (χ2n) is 5.10. The number of thioether (sulfide) groups is 1. The fraction of sp³-hybridized carbons (Fsp3) is 0.176. The van der Waals surface area contributed by atoms with E-state index in [2.05, 4.69) is 33.0 Å². The molecule has 1 N–H and O–H groups in total. The zero-order valence-corrected chi connectivity index (χ0v) is 13.8. The summed E-state index contributed by atoms with van der Waals surface area (Å²) >= 11 is 1.58. The van der Waals surface area contributed by atoms with Crippen LogP contribution >= 0.6 is 11.8 Å². The van der Waals surface area contributed by atoms with Crippen LogP contribution in [0.2, 0.25) is 0 Å². The molecule has 0 aliphatic heterocycles. The van der Waals surface area contributed by atoms with Crippen molar-refractivity contribution in [2.75, 3.05) is 5.75 Å². The van der Waals surface area contributed by atoms with E-state index in [0.717, 1.165) is 11.4 Å². The summed E-state index contributed by atoms with van der Waals surface area (Å²) in [6.45, 7) is 0.298. The van der Waals surface area contributed by atoms with Crippen LogP contribution in [0.4, 0.5) is 0 Å². The van der Waals surface area contributed by atoms with E-state index in [-0.39, 0.29) is 5.91 Å². The number of hydrogen-bond acceptors (Lipinski definition) is 5. The number of aromatic nitrogens is 4. The number of hydrogen-bond donors (Lipinski definition) is 1. The molecule has 1 aromatic heterocycles. The molecule has 0 spiro atoms. The molecule has 2 aromatic carbocycles. The molecule has 0 saturated heterocycles. The molecule has 1 heterocycles. The van der Waals surface area contributed by atoms with Gasteiger partial charge >= 0.3 is 0 Å². The lowest BCUT2D eigenvalue weighted by molar-refractivity contribution is -0.118. The summed E-state index contributed by atoms with van der Waals surface area (Å²) < 4.78 is 1.62. The van der Waals surface area contributed by atoms with Crippen LogP contribution in [-0.2, 0) is 17.1 Å². The van der Waals surface area contributed by atoms with Crippen LogP contribution in [-0.4, -0.2) is 31.9 Å². The molecule has 1 amide bonds. The van der Waals surface area contributed by atoms with Gasteiger partial charge in [-0.25, -0.2) is 0 Å². The Hall–Kier alpha value is -2.67. The normalized spacial score (nSPS) is 10.5. The SMILES string of the molecule is O=C(CSCc1ccccc1)NCc1nnnn1-c1ccccc1. The molecule has 0 atom stereocenters. The first-order valence-electron chi connectivity index (χ1n) is 7.54. The Bertz CT molecular complexity index is 776. The standard InChI is InChI=1S/C17H17N5OS/c23-17(13-24-12-14-7-3-1-4-8-14)18-11-16-19-20-21-22(16)15-9-5-2-6-10-15/h1-10H,11-13H2,(H,18,23). The Morgan fingerprint density at radius 2 is 1.75 bits per heavy atom. The third-order valence-corrected chi connectivity index (χ3v) is 4.33. The van der Waals surface area contributed by atoms with E-state index in [1.165, 1.54) is 5.56 Å². The predicted molar refractivity (Wildman–Crippen MR) is 93.6 cm³/mol. The highest BCUT2D eigenvalue weighted by Gasteiger charge is 2.09. The van der Waals surface area contributed by atoms with E-state index in [1.807, 2.05) is 48.5 Å². The summed E-state index contributed by atoms with van der Waals surface area (Å²) in [7, 11) is 0. The van der Waals surface area contributed by atoms with Crippen molar-refractivity contribution in [1.82, 2.24) is 25.5 Å². The number of para-hydroxylation sites is 1. The zero-order chi connectivity index (χ0) is 16.6. The first-order chi connectivity index (χ1) is 11.8. The summed E-state index contributed by atoms with van der Waals surface area (Å²) in [5.74, 6) is 1.79. The topological polar surface area (TPSA) is 72.7 Å². The van der Waals surface area contributed by atoms with Crippen LogP contribution < -0.4 is 5.32 Å². The van der Waals surface area contributed by atoms with E-state index in [4.69, 9.17) is 0 Å². The molecule has 0 saturated carbocycles. The van der Waals surface area contributed by atoms with E-state index in [1.54, 1.807) is 16.4 Å². The maximum Gasteiger partial charge on any atom is 0.230 e. The Morgan fingerprint density at radius 3 is 2.50 bits per heavy atom. The van der Waals surface area contributed by atoms with E-state index in [9.17, 15) is 4.79 Å². The second-order valence-corrected chi connectivity index (χ2v) is 6.08. The molecule has 0 unspecified atom stereocenters. The molecule has 0 fully saturated rings. The maximum atomic E-state index is 12.0. The Kier molecular flexibility index (Phi) is 5.57. The number of carbonyl (C=O) groups is 1. The molecule has 0 bridgehead atoms. The minimum atomic E-state index is -0.0291. The van der Waals surface area contributed by atoms with Gasteiger partial charge in [0.25, 0.3) is 0 Å². The molecule has 3 aromatic rings. The average Bonchev–Trinajstić information content (AvgIpc) is 3.10. The molecular weight excluding hydrogens is 322 g/mol. The first kappa shape index (κ1) is 16.2. The Labute approximate surface area is 144 Å². The van der Waals surface area contributed by atoms with Gasteiger partial charge in [0.2, 0.25) is 5.91 Å². The molecular formula is C17H17N5OS. The molecule has 122 valence electrons. The van der Waals surface area contributed by atoms with Crippen LogP contribution in [0, 0.1) is 0 Å². The van der Waals surface area contributed by atoms with Gasteiger partial charge < -0.3 is 5.32 Å². The second kappa shape index (κ2) is 8.26. The highest BCUT2D eigenvalue weighted by Crippen LogP contribution is 2.11. The van der Waals surface area contributed by atoms with Gasteiger partial charge in [0.05, 0.1) is 18.0 Å². The number of carbonyl (C=O) groups excluding carboxylic acids is 1. The van der Waals surface area contributed by atoms with Crippen LogP contribution in [0.25, 0.3) is 5.69 Å². The molecule has 0 radical (unpaired) electrons. The summed E-state index contributed by atoms with van der Waals surface area (Å²) in [4.78, 5) is 12.0. The smallest absolute Gasteiger partial charge is 0.230 e. The van der Waals surface area contributed by atoms with Gasteiger partial charge in [-0.1, -0.05) is 48.5 Å². The Morgan fingerprint density at radius 1 is 1.04 bits per heavy atom. The van der Waals surface area contributed by atoms with Gasteiger partial charge in [0.1, 0.15) is 0 Å². The lowest BCUT2D eigenvalue weighted by Gasteiger charge is -2.06. The quantitative estimate of drug-likeness (QED) is 0.714. The minimum absolute atomic E-state index is 0.0291. The number of benzene rings is 2. The average molecular weight is 339 g/mol. The third kappa shape index (κ3) is 4.42. The zero-order valence-electron chi connectivity index (χ0n) is 13.0. The predicted octanol–water partition coefficient (Wildman–Crippen LogP) is 2.21. The van der Waals surface area contributed by atoms with Gasteiger partial charge in [0.15, 0.2) is 5.82 Å². The largest absolute Gasteiger partial charge is 0.348 e. The number of nitrogens with one attached hydrogen (secondary N) is 1. The number of amides is 1. The number of rotatable bonds is 7. The van der Waals surface area contributed by atoms with Gasteiger partial charge in [0, 0.05) is 5.75 Å². The van der Waals surface area contributed by atoms with Gasteiger partial charge in [-0.3, -0.25) is 4.79 Å². The first-order valence-corrected chi connectivity index (χ1v) is 8.69. The summed E-state index contributed by atoms with van der Waals surface area (Å²) in [5.41, 5.74) is 2.08. The monoisotopic (exact) mass is 339 g/mol. The highest BCUT2D eigenvalue weighted by atomic mass is 32.2. The van der Waals surface area contributed by atoms with Gasteiger partial charge in [-0.15, -0.1) is 16.9 Å². The van der Waals surface area contributed by atoms with Crippen LogP contribution in [0.3, 0.4) is 0 Å². The summed E-state index contributed by atoms with van der Waals surface area (Å²) in [6, 6.07) is 19.7.